The first kappa shape index (κ1) is 13.9. The second-order valence-electron chi connectivity index (χ2n) is 4.46. The van der Waals surface area contributed by atoms with Crippen molar-refractivity contribution in [1.29, 1.82) is 0 Å². The van der Waals surface area contributed by atoms with E-state index in [1.807, 2.05) is 0 Å². The lowest BCUT2D eigenvalue weighted by molar-refractivity contribution is 0.0656. The molecule has 0 radical (unpaired) electrons. The molecule has 1 rings (SSSR count). The van der Waals surface area contributed by atoms with Crippen LogP contribution in [0.5, 0.6) is 0 Å². The topological polar surface area (TPSA) is 83.8 Å². The third kappa shape index (κ3) is 3.69. The third-order valence-electron chi connectivity index (χ3n) is 3.05. The van der Waals surface area contributed by atoms with Crippen LogP contribution in [0.1, 0.15) is 32.6 Å². The monoisotopic (exact) mass is 252 g/mol. The van der Waals surface area contributed by atoms with Crippen LogP contribution in [0.3, 0.4) is 0 Å². The van der Waals surface area contributed by atoms with Crippen LogP contribution in [-0.2, 0) is 14.3 Å². The van der Waals surface area contributed by atoms with Crippen molar-refractivity contribution in [1.82, 2.24) is 0 Å². The van der Waals surface area contributed by atoms with Gasteiger partial charge in [0.1, 0.15) is 6.10 Å². The first-order valence-electron chi connectivity index (χ1n) is 5.63. The Morgan fingerprint density at radius 2 is 1.69 bits per heavy atom. The Labute approximate surface area is 96.6 Å². The Hall–Kier alpha value is -0.170. The van der Waals surface area contributed by atoms with Gasteiger partial charge in [0.2, 0.25) is 0 Å². The highest BCUT2D eigenvalue weighted by Crippen LogP contribution is 2.29. The molecule has 0 unspecified atom stereocenters. The molecule has 1 fully saturated rings. The van der Waals surface area contributed by atoms with Crippen LogP contribution in [0.4, 0.5) is 0 Å². The van der Waals surface area contributed by atoms with Gasteiger partial charge in [-0.3, -0.25) is 4.18 Å². The predicted octanol–water partition coefficient (Wildman–Crippen LogP) is 0.265. The van der Waals surface area contributed by atoms with Crippen molar-refractivity contribution in [3.63, 3.8) is 0 Å². The molecule has 1 saturated carbocycles. The van der Waals surface area contributed by atoms with Gasteiger partial charge in [-0.2, -0.15) is 8.42 Å². The van der Waals surface area contributed by atoms with Gasteiger partial charge in [-0.25, -0.2) is 0 Å². The fourth-order valence-electron chi connectivity index (χ4n) is 1.91. The molecule has 16 heavy (non-hydrogen) atoms. The van der Waals surface area contributed by atoms with Gasteiger partial charge in [0.15, 0.2) is 0 Å². The zero-order valence-electron chi connectivity index (χ0n) is 9.50. The molecule has 0 bridgehead atoms. The summed E-state index contributed by atoms with van der Waals surface area (Å²) in [7, 11) is -3.65. The molecule has 0 heterocycles. The van der Waals surface area contributed by atoms with Crippen LogP contribution in [0.25, 0.3) is 0 Å². The summed E-state index contributed by atoms with van der Waals surface area (Å²) in [5.74, 6) is 0.568. The highest BCUT2D eigenvalue weighted by atomic mass is 32.2. The van der Waals surface area contributed by atoms with E-state index in [2.05, 4.69) is 6.92 Å². The van der Waals surface area contributed by atoms with E-state index in [0.717, 1.165) is 12.8 Å². The summed E-state index contributed by atoms with van der Waals surface area (Å²) >= 11 is 0. The second kappa shape index (κ2) is 5.95. The fraction of sp³-hybridized carbons (Fsp3) is 1.00. The van der Waals surface area contributed by atoms with Gasteiger partial charge in [0.05, 0.1) is 18.5 Å². The minimum absolute atomic E-state index is 0.482. The summed E-state index contributed by atoms with van der Waals surface area (Å²) in [6.45, 7) is 1.13. The van der Waals surface area contributed by atoms with Gasteiger partial charge in [-0.05, 0) is 31.6 Å². The van der Waals surface area contributed by atoms with Crippen LogP contribution in [0, 0.1) is 5.92 Å². The molecule has 1 aliphatic rings. The number of hydrogen-bond donors (Lipinski definition) is 2. The molecule has 1 aliphatic carbocycles. The molecule has 0 aliphatic heterocycles. The standard InChI is InChI=1S/C10H20O5S/c1-8-2-4-10(5-3-8)16(13,14)15-9(6-11)7-12/h8-12H,2-7H2,1H3. The summed E-state index contributed by atoms with van der Waals surface area (Å²) in [6.07, 6.45) is 1.95. The zero-order valence-corrected chi connectivity index (χ0v) is 10.3. The van der Waals surface area contributed by atoms with E-state index in [1.165, 1.54) is 0 Å². The summed E-state index contributed by atoms with van der Waals surface area (Å²) in [6, 6.07) is 0. The molecule has 0 atom stereocenters. The maximum atomic E-state index is 11.8. The Kier molecular flexibility index (Phi) is 5.17. The van der Waals surface area contributed by atoms with Crippen molar-refractivity contribution >= 4 is 10.1 Å². The number of rotatable bonds is 5. The predicted molar refractivity (Wildman–Crippen MR) is 59.4 cm³/mol. The molecule has 2 N–H and O–H groups in total. The van der Waals surface area contributed by atoms with E-state index in [0.29, 0.717) is 18.8 Å². The van der Waals surface area contributed by atoms with Crippen LogP contribution < -0.4 is 0 Å². The molecule has 6 heteroatoms. The smallest absolute Gasteiger partial charge is 0.270 e. The van der Waals surface area contributed by atoms with Crippen LogP contribution in [0.2, 0.25) is 0 Å². The highest BCUT2D eigenvalue weighted by Gasteiger charge is 2.32. The van der Waals surface area contributed by atoms with Crippen molar-refractivity contribution in [2.24, 2.45) is 5.92 Å². The maximum Gasteiger partial charge on any atom is 0.270 e. The summed E-state index contributed by atoms with van der Waals surface area (Å²) in [5.41, 5.74) is 0. The highest BCUT2D eigenvalue weighted by molar-refractivity contribution is 7.87. The molecule has 96 valence electrons. The Morgan fingerprint density at radius 1 is 1.19 bits per heavy atom. The fourth-order valence-corrected chi connectivity index (χ4v) is 3.41. The van der Waals surface area contributed by atoms with Crippen LogP contribution >= 0.6 is 0 Å². The quantitative estimate of drug-likeness (QED) is 0.686. The molecular weight excluding hydrogens is 232 g/mol. The Morgan fingerprint density at radius 3 is 2.12 bits per heavy atom. The number of aliphatic hydroxyl groups is 2. The SMILES string of the molecule is CC1CCC(S(=O)(=O)OC(CO)CO)CC1. The van der Waals surface area contributed by atoms with Gasteiger partial charge in [0.25, 0.3) is 10.1 Å². The van der Waals surface area contributed by atoms with Crippen molar-refractivity contribution in [3.8, 4) is 0 Å². The molecule has 0 spiro atoms. The van der Waals surface area contributed by atoms with Crippen LogP contribution in [0.15, 0.2) is 0 Å². The van der Waals surface area contributed by atoms with E-state index in [4.69, 9.17) is 14.4 Å². The van der Waals surface area contributed by atoms with E-state index >= 15 is 0 Å². The van der Waals surface area contributed by atoms with Crippen molar-refractivity contribution in [2.45, 2.75) is 44.0 Å². The average Bonchev–Trinajstić information content (AvgIpc) is 2.26. The van der Waals surface area contributed by atoms with Gasteiger partial charge in [0, 0.05) is 0 Å². The maximum absolute atomic E-state index is 11.8. The first-order chi connectivity index (χ1) is 7.49. The van der Waals surface area contributed by atoms with Gasteiger partial charge in [-0.1, -0.05) is 6.92 Å². The first-order valence-corrected chi connectivity index (χ1v) is 7.10. The molecule has 0 aromatic carbocycles. The number of aliphatic hydroxyl groups excluding tert-OH is 2. The minimum Gasteiger partial charge on any atom is -0.394 e. The Balaban J connectivity index is 2.56. The molecular formula is C10H20O5S. The number of hydrogen-bond acceptors (Lipinski definition) is 5. The lowest BCUT2D eigenvalue weighted by Crippen LogP contribution is -2.34. The lowest BCUT2D eigenvalue weighted by atomic mass is 9.91. The van der Waals surface area contributed by atoms with Gasteiger partial charge in [-0.15, -0.1) is 0 Å². The van der Waals surface area contributed by atoms with E-state index in [9.17, 15) is 8.42 Å². The molecule has 0 amide bonds. The third-order valence-corrected chi connectivity index (χ3v) is 4.88. The Bertz CT molecular complexity index is 288. The van der Waals surface area contributed by atoms with E-state index in [-0.39, 0.29) is 0 Å². The van der Waals surface area contributed by atoms with E-state index < -0.39 is 34.7 Å². The summed E-state index contributed by atoms with van der Waals surface area (Å²) in [5, 5.41) is 17.1. The van der Waals surface area contributed by atoms with Gasteiger partial charge < -0.3 is 10.2 Å². The van der Waals surface area contributed by atoms with Gasteiger partial charge >= 0.3 is 0 Å². The van der Waals surface area contributed by atoms with Crippen molar-refractivity contribution in [2.75, 3.05) is 13.2 Å². The molecule has 0 aromatic heterocycles. The molecule has 0 saturated heterocycles. The van der Waals surface area contributed by atoms with Crippen LogP contribution in [-0.4, -0.2) is 43.2 Å². The van der Waals surface area contributed by atoms with Crippen molar-refractivity contribution in [3.05, 3.63) is 0 Å². The molecule has 5 nitrogen and oxygen atoms in total. The summed E-state index contributed by atoms with van der Waals surface area (Å²) in [4.78, 5) is 0. The minimum atomic E-state index is -3.65. The lowest BCUT2D eigenvalue weighted by Gasteiger charge is -2.26. The van der Waals surface area contributed by atoms with Crippen molar-refractivity contribution < 1.29 is 22.8 Å². The normalized spacial score (nSPS) is 27.2. The largest absolute Gasteiger partial charge is 0.394 e. The average molecular weight is 252 g/mol. The zero-order chi connectivity index (χ0) is 12.2. The second-order valence-corrected chi connectivity index (χ2v) is 6.30. The molecule has 0 aromatic rings. The summed E-state index contributed by atoms with van der Waals surface area (Å²) < 4.78 is 28.3. The van der Waals surface area contributed by atoms with E-state index in [1.54, 1.807) is 0 Å².